The van der Waals surface area contributed by atoms with Gasteiger partial charge in [0.2, 0.25) is 5.91 Å². The van der Waals surface area contributed by atoms with E-state index in [4.69, 9.17) is 0 Å². The first-order valence-electron chi connectivity index (χ1n) is 7.76. The second-order valence-electron chi connectivity index (χ2n) is 6.15. The lowest BCUT2D eigenvalue weighted by atomic mass is 10.1. The summed E-state index contributed by atoms with van der Waals surface area (Å²) in [6, 6.07) is 0.0359. The molecular weight excluding hydrogens is 300 g/mol. The van der Waals surface area contributed by atoms with Gasteiger partial charge in [0, 0.05) is 50.4 Å². The van der Waals surface area contributed by atoms with Crippen LogP contribution in [0, 0.1) is 0 Å². The highest BCUT2D eigenvalue weighted by atomic mass is 32.1. The number of amides is 2. The van der Waals surface area contributed by atoms with E-state index in [9.17, 15) is 9.59 Å². The standard InChI is InChI=1S/C15H22N4O2S/c1-10(20)19-6-3-4-11(8-19)16-14(21)15-17-12-5-7-18(2)9-13(12)22-15/h11H,3-9H2,1-2H3,(H,16,21)/t11-/m0/s1. The van der Waals surface area contributed by atoms with Gasteiger partial charge in [-0.25, -0.2) is 4.98 Å². The van der Waals surface area contributed by atoms with Crippen LogP contribution in [0.4, 0.5) is 0 Å². The molecule has 0 bridgehead atoms. The number of likely N-dealkylation sites (N-methyl/N-ethyl adjacent to an activating group) is 1. The number of carbonyl (C=O) groups is 2. The van der Waals surface area contributed by atoms with Crippen molar-refractivity contribution in [2.24, 2.45) is 0 Å². The van der Waals surface area contributed by atoms with E-state index < -0.39 is 0 Å². The summed E-state index contributed by atoms with van der Waals surface area (Å²) in [4.78, 5) is 33.6. The van der Waals surface area contributed by atoms with Crippen molar-refractivity contribution >= 4 is 23.2 Å². The minimum absolute atomic E-state index is 0.0359. The number of piperidine rings is 1. The van der Waals surface area contributed by atoms with Gasteiger partial charge in [-0.15, -0.1) is 11.3 Å². The van der Waals surface area contributed by atoms with Crippen LogP contribution in [0.5, 0.6) is 0 Å². The molecule has 0 radical (unpaired) electrons. The Balaban J connectivity index is 1.63. The zero-order chi connectivity index (χ0) is 15.7. The van der Waals surface area contributed by atoms with Crippen molar-refractivity contribution in [1.29, 1.82) is 0 Å². The van der Waals surface area contributed by atoms with Crippen LogP contribution < -0.4 is 5.32 Å². The molecule has 0 spiro atoms. The number of hydrogen-bond donors (Lipinski definition) is 1. The number of fused-ring (bicyclic) bond motifs is 1. The van der Waals surface area contributed by atoms with Crippen LogP contribution in [0.3, 0.4) is 0 Å². The summed E-state index contributed by atoms with van der Waals surface area (Å²) in [5.74, 6) is -0.0239. The van der Waals surface area contributed by atoms with Crippen molar-refractivity contribution in [2.75, 3.05) is 26.7 Å². The van der Waals surface area contributed by atoms with Crippen molar-refractivity contribution in [3.05, 3.63) is 15.6 Å². The minimum atomic E-state index is -0.0996. The van der Waals surface area contributed by atoms with E-state index in [-0.39, 0.29) is 17.9 Å². The van der Waals surface area contributed by atoms with Crippen LogP contribution in [0.1, 0.15) is 40.1 Å². The molecular formula is C15H22N4O2S. The van der Waals surface area contributed by atoms with Gasteiger partial charge >= 0.3 is 0 Å². The van der Waals surface area contributed by atoms with Crippen molar-refractivity contribution in [3.63, 3.8) is 0 Å². The molecule has 0 aliphatic carbocycles. The molecule has 7 heteroatoms. The first-order chi connectivity index (χ1) is 10.5. The predicted molar refractivity (Wildman–Crippen MR) is 84.9 cm³/mol. The fraction of sp³-hybridized carbons (Fsp3) is 0.667. The number of nitrogens with zero attached hydrogens (tertiary/aromatic N) is 3. The van der Waals surface area contributed by atoms with Crippen molar-refractivity contribution in [3.8, 4) is 0 Å². The molecule has 120 valence electrons. The minimum Gasteiger partial charge on any atom is -0.345 e. The Hall–Kier alpha value is -1.47. The predicted octanol–water partition coefficient (Wildman–Crippen LogP) is 0.872. The third-order valence-corrected chi connectivity index (χ3v) is 5.40. The van der Waals surface area contributed by atoms with E-state index in [0.717, 1.165) is 44.6 Å². The van der Waals surface area contributed by atoms with Crippen LogP contribution in [0.2, 0.25) is 0 Å². The fourth-order valence-corrected chi connectivity index (χ4v) is 4.14. The number of nitrogens with one attached hydrogen (secondary N) is 1. The topological polar surface area (TPSA) is 65.5 Å². The second-order valence-corrected chi connectivity index (χ2v) is 7.24. The highest BCUT2D eigenvalue weighted by Gasteiger charge is 2.26. The van der Waals surface area contributed by atoms with E-state index in [1.54, 1.807) is 11.8 Å². The SMILES string of the molecule is CC(=O)N1CCC[C@H](NC(=O)c2nc3c(s2)CN(C)CC3)C1. The molecule has 6 nitrogen and oxygen atoms in total. The van der Waals surface area contributed by atoms with Crippen molar-refractivity contribution in [1.82, 2.24) is 20.1 Å². The first kappa shape index (κ1) is 15.4. The van der Waals surface area contributed by atoms with Crippen LogP contribution in [-0.4, -0.2) is 59.3 Å². The third-order valence-electron chi connectivity index (χ3n) is 4.32. The van der Waals surface area contributed by atoms with Crippen LogP contribution in [0.15, 0.2) is 0 Å². The van der Waals surface area contributed by atoms with Gasteiger partial charge in [-0.2, -0.15) is 0 Å². The largest absolute Gasteiger partial charge is 0.345 e. The lowest BCUT2D eigenvalue weighted by Crippen LogP contribution is -2.49. The van der Waals surface area contributed by atoms with Gasteiger partial charge in [0.15, 0.2) is 5.01 Å². The summed E-state index contributed by atoms with van der Waals surface area (Å²) in [5, 5.41) is 3.60. The van der Waals surface area contributed by atoms with Gasteiger partial charge in [-0.1, -0.05) is 0 Å². The quantitative estimate of drug-likeness (QED) is 0.877. The Morgan fingerprint density at radius 2 is 2.18 bits per heavy atom. The lowest BCUT2D eigenvalue weighted by molar-refractivity contribution is -0.130. The maximum Gasteiger partial charge on any atom is 0.280 e. The summed E-state index contributed by atoms with van der Waals surface area (Å²) < 4.78 is 0. The van der Waals surface area contributed by atoms with E-state index in [1.165, 1.54) is 16.2 Å². The summed E-state index contributed by atoms with van der Waals surface area (Å²) in [6.45, 7) is 4.85. The van der Waals surface area contributed by atoms with E-state index in [0.29, 0.717) is 11.6 Å². The molecule has 2 amide bonds. The van der Waals surface area contributed by atoms with Gasteiger partial charge in [0.25, 0.3) is 5.91 Å². The molecule has 0 aromatic carbocycles. The molecule has 3 rings (SSSR count). The lowest BCUT2D eigenvalue weighted by Gasteiger charge is -2.32. The average molecular weight is 322 g/mol. The third kappa shape index (κ3) is 3.30. The van der Waals surface area contributed by atoms with Crippen LogP contribution in [0.25, 0.3) is 0 Å². The van der Waals surface area contributed by atoms with E-state index >= 15 is 0 Å². The van der Waals surface area contributed by atoms with Gasteiger partial charge in [-0.3, -0.25) is 9.59 Å². The Bertz CT molecular complexity index is 586. The molecule has 0 saturated carbocycles. The fourth-order valence-electron chi connectivity index (χ4n) is 3.05. The molecule has 22 heavy (non-hydrogen) atoms. The van der Waals surface area contributed by atoms with Crippen molar-refractivity contribution in [2.45, 2.75) is 38.8 Å². The van der Waals surface area contributed by atoms with Gasteiger partial charge in [0.05, 0.1) is 5.69 Å². The molecule has 1 N–H and O–H groups in total. The van der Waals surface area contributed by atoms with E-state index in [1.807, 2.05) is 0 Å². The van der Waals surface area contributed by atoms with Gasteiger partial charge < -0.3 is 15.1 Å². The number of hydrogen-bond acceptors (Lipinski definition) is 5. The Morgan fingerprint density at radius 3 is 2.95 bits per heavy atom. The zero-order valence-corrected chi connectivity index (χ0v) is 13.9. The molecule has 1 atom stereocenters. The number of rotatable bonds is 2. The molecule has 1 saturated heterocycles. The monoisotopic (exact) mass is 322 g/mol. The van der Waals surface area contributed by atoms with Crippen molar-refractivity contribution < 1.29 is 9.59 Å². The maximum absolute atomic E-state index is 12.4. The van der Waals surface area contributed by atoms with Gasteiger partial charge in [0.1, 0.15) is 0 Å². The van der Waals surface area contributed by atoms with E-state index in [2.05, 4.69) is 22.2 Å². The summed E-state index contributed by atoms with van der Waals surface area (Å²) in [5.41, 5.74) is 1.07. The number of aromatic nitrogens is 1. The van der Waals surface area contributed by atoms with Gasteiger partial charge in [-0.05, 0) is 19.9 Å². The summed E-state index contributed by atoms with van der Waals surface area (Å²) in [6.07, 6.45) is 2.77. The number of likely N-dealkylation sites (tertiary alicyclic amines) is 1. The number of thiazole rings is 1. The number of carbonyl (C=O) groups excluding carboxylic acids is 2. The first-order valence-corrected chi connectivity index (χ1v) is 8.58. The molecule has 1 fully saturated rings. The Kier molecular flexibility index (Phi) is 4.44. The molecule has 2 aliphatic heterocycles. The van der Waals surface area contributed by atoms with Crippen LogP contribution >= 0.6 is 11.3 Å². The Morgan fingerprint density at radius 1 is 1.36 bits per heavy atom. The molecule has 2 aliphatic rings. The highest BCUT2D eigenvalue weighted by Crippen LogP contribution is 2.24. The molecule has 0 unspecified atom stereocenters. The Labute approximate surface area is 134 Å². The van der Waals surface area contributed by atoms with Crippen LogP contribution in [-0.2, 0) is 17.8 Å². The molecule has 3 heterocycles. The average Bonchev–Trinajstić information content (AvgIpc) is 2.90. The molecule has 1 aromatic rings. The maximum atomic E-state index is 12.4. The smallest absolute Gasteiger partial charge is 0.280 e. The highest BCUT2D eigenvalue weighted by molar-refractivity contribution is 7.13. The summed E-state index contributed by atoms with van der Waals surface area (Å²) >= 11 is 1.50. The second kappa shape index (κ2) is 6.34. The zero-order valence-electron chi connectivity index (χ0n) is 13.1. The molecule has 1 aromatic heterocycles. The normalized spacial score (nSPS) is 22.3. The summed E-state index contributed by atoms with van der Waals surface area (Å²) in [7, 11) is 2.08.